The molecule has 0 aliphatic heterocycles. The first-order valence-electron chi connectivity index (χ1n) is 4.45. The van der Waals surface area contributed by atoms with Crippen LogP contribution in [-0.4, -0.2) is 19.1 Å². The van der Waals surface area contributed by atoms with E-state index in [9.17, 15) is 4.79 Å². The maximum atomic E-state index is 11.4. The van der Waals surface area contributed by atoms with Gasteiger partial charge in [-0.05, 0) is 26.3 Å². The molecular weight excluding hydrogens is 204 g/mol. The highest BCUT2D eigenvalue weighted by atomic mass is 35.5. The van der Waals surface area contributed by atoms with Crippen LogP contribution in [0.3, 0.4) is 0 Å². The van der Waals surface area contributed by atoms with Gasteiger partial charge in [0.25, 0.3) is 0 Å². The quantitative estimate of drug-likeness (QED) is 0.708. The highest BCUT2D eigenvalue weighted by molar-refractivity contribution is 5.85. The fourth-order valence-electron chi connectivity index (χ4n) is 1.12. The number of esters is 1. The van der Waals surface area contributed by atoms with E-state index < -0.39 is 11.4 Å². The first kappa shape index (κ1) is 15.7. The van der Waals surface area contributed by atoms with Crippen molar-refractivity contribution < 1.29 is 9.53 Å². The summed E-state index contributed by atoms with van der Waals surface area (Å²) in [6, 6.07) is 2.00. The van der Waals surface area contributed by atoms with Crippen LogP contribution in [-0.2, 0) is 9.53 Å². The molecule has 4 nitrogen and oxygen atoms in total. The topological polar surface area (TPSA) is 76.1 Å². The molecule has 0 rings (SSSR count). The summed E-state index contributed by atoms with van der Waals surface area (Å²) < 4.78 is 4.82. The lowest BCUT2D eigenvalue weighted by Crippen LogP contribution is -2.33. The van der Waals surface area contributed by atoms with E-state index in [1.54, 1.807) is 13.8 Å². The molecule has 5 heteroatoms. The van der Waals surface area contributed by atoms with Crippen LogP contribution in [0.4, 0.5) is 0 Å². The van der Waals surface area contributed by atoms with Gasteiger partial charge < -0.3 is 10.5 Å². The predicted octanol–water partition coefficient (Wildman–Crippen LogP) is 1.24. The number of carbonyl (C=O) groups is 1. The molecular formula is C9H17ClN2O2. The number of nitriles is 1. The van der Waals surface area contributed by atoms with Crippen LogP contribution in [0.2, 0.25) is 0 Å². The van der Waals surface area contributed by atoms with Crippen molar-refractivity contribution in [3.63, 3.8) is 0 Å². The third-order valence-electron chi connectivity index (χ3n) is 2.05. The molecule has 0 spiro atoms. The van der Waals surface area contributed by atoms with E-state index in [1.807, 2.05) is 6.07 Å². The van der Waals surface area contributed by atoms with Gasteiger partial charge in [-0.25, -0.2) is 0 Å². The van der Waals surface area contributed by atoms with Gasteiger partial charge in [-0.15, -0.1) is 12.4 Å². The molecule has 1 atom stereocenters. The standard InChI is InChI=1S/C9H16N2O2.ClH/c1-3-9(7-11,5-6-10)8(12)13-4-2;/h3-6,10H2,1-2H3;1H. The number of hydrogen-bond donors (Lipinski definition) is 1. The Morgan fingerprint density at radius 1 is 1.57 bits per heavy atom. The van der Waals surface area contributed by atoms with Crippen molar-refractivity contribution in [2.75, 3.05) is 13.2 Å². The number of nitrogens with zero attached hydrogens (tertiary/aromatic N) is 1. The van der Waals surface area contributed by atoms with Gasteiger partial charge in [0.05, 0.1) is 12.7 Å². The van der Waals surface area contributed by atoms with Crippen molar-refractivity contribution >= 4 is 18.4 Å². The van der Waals surface area contributed by atoms with Gasteiger partial charge in [0.1, 0.15) is 0 Å². The molecule has 0 bridgehead atoms. The predicted molar refractivity (Wildman–Crippen MR) is 55.9 cm³/mol. The van der Waals surface area contributed by atoms with Gasteiger partial charge in [0.15, 0.2) is 5.41 Å². The molecule has 0 aliphatic rings. The molecule has 0 aromatic carbocycles. The molecule has 2 N–H and O–H groups in total. The first-order valence-corrected chi connectivity index (χ1v) is 4.45. The summed E-state index contributed by atoms with van der Waals surface area (Å²) in [4.78, 5) is 11.4. The summed E-state index contributed by atoms with van der Waals surface area (Å²) in [5.74, 6) is -0.453. The van der Waals surface area contributed by atoms with Crippen molar-refractivity contribution in [1.82, 2.24) is 0 Å². The van der Waals surface area contributed by atoms with Crippen molar-refractivity contribution in [2.24, 2.45) is 11.1 Å². The van der Waals surface area contributed by atoms with Gasteiger partial charge in [0.2, 0.25) is 0 Å². The highest BCUT2D eigenvalue weighted by Gasteiger charge is 2.37. The van der Waals surface area contributed by atoms with E-state index in [0.29, 0.717) is 26.0 Å². The zero-order valence-electron chi connectivity index (χ0n) is 8.58. The summed E-state index contributed by atoms with van der Waals surface area (Å²) in [6.07, 6.45) is 0.804. The Bertz CT molecular complexity index is 215. The Labute approximate surface area is 90.8 Å². The molecule has 0 aliphatic carbocycles. The largest absolute Gasteiger partial charge is 0.465 e. The molecule has 0 fully saturated rings. The van der Waals surface area contributed by atoms with Gasteiger partial charge >= 0.3 is 5.97 Å². The molecule has 82 valence electrons. The second-order valence-corrected chi connectivity index (χ2v) is 2.81. The highest BCUT2D eigenvalue weighted by Crippen LogP contribution is 2.26. The van der Waals surface area contributed by atoms with Gasteiger partial charge in [0, 0.05) is 0 Å². The van der Waals surface area contributed by atoms with Gasteiger partial charge in [-0.3, -0.25) is 4.79 Å². The normalized spacial score (nSPS) is 13.3. The molecule has 0 amide bonds. The van der Waals surface area contributed by atoms with Crippen LogP contribution in [0.25, 0.3) is 0 Å². The Hall–Kier alpha value is -0.790. The van der Waals surface area contributed by atoms with Crippen LogP contribution in [0.15, 0.2) is 0 Å². The summed E-state index contributed by atoms with van der Waals surface area (Å²) >= 11 is 0. The summed E-state index contributed by atoms with van der Waals surface area (Å²) in [7, 11) is 0. The number of hydrogen-bond acceptors (Lipinski definition) is 4. The molecule has 0 saturated carbocycles. The van der Waals surface area contributed by atoms with Crippen LogP contribution < -0.4 is 5.73 Å². The average molecular weight is 221 g/mol. The first-order chi connectivity index (χ1) is 6.16. The van der Waals surface area contributed by atoms with Gasteiger partial charge in [-0.2, -0.15) is 5.26 Å². The number of nitrogens with two attached hydrogens (primary N) is 1. The number of carbonyl (C=O) groups excluding carboxylic acids is 1. The van der Waals surface area contributed by atoms with Crippen molar-refractivity contribution in [3.05, 3.63) is 0 Å². The van der Waals surface area contributed by atoms with E-state index in [4.69, 9.17) is 15.7 Å². The Balaban J connectivity index is 0. The minimum Gasteiger partial charge on any atom is -0.465 e. The summed E-state index contributed by atoms with van der Waals surface area (Å²) in [5, 5.41) is 8.90. The molecule has 0 aromatic heterocycles. The number of rotatable bonds is 5. The fraction of sp³-hybridized carbons (Fsp3) is 0.778. The van der Waals surface area contributed by atoms with Gasteiger partial charge in [-0.1, -0.05) is 6.92 Å². The fourth-order valence-corrected chi connectivity index (χ4v) is 1.12. The monoisotopic (exact) mass is 220 g/mol. The average Bonchev–Trinajstić information content (AvgIpc) is 2.14. The van der Waals surface area contributed by atoms with E-state index in [1.165, 1.54) is 0 Å². The SMILES string of the molecule is CCOC(=O)C(C#N)(CC)CCN.Cl. The van der Waals surface area contributed by atoms with Crippen LogP contribution >= 0.6 is 12.4 Å². The Kier molecular flexibility index (Phi) is 8.51. The zero-order chi connectivity index (χ0) is 10.3. The molecule has 0 saturated heterocycles. The second-order valence-electron chi connectivity index (χ2n) is 2.81. The van der Waals surface area contributed by atoms with Crippen LogP contribution in [0.5, 0.6) is 0 Å². The number of ether oxygens (including phenoxy) is 1. The summed E-state index contributed by atoms with van der Waals surface area (Å²) in [5.41, 5.74) is 4.30. The maximum absolute atomic E-state index is 11.4. The third kappa shape index (κ3) is 3.52. The van der Waals surface area contributed by atoms with E-state index in [2.05, 4.69) is 0 Å². The third-order valence-corrected chi connectivity index (χ3v) is 2.05. The maximum Gasteiger partial charge on any atom is 0.326 e. The van der Waals surface area contributed by atoms with E-state index >= 15 is 0 Å². The lowest BCUT2D eigenvalue weighted by Gasteiger charge is -2.21. The molecule has 1 unspecified atom stereocenters. The van der Waals surface area contributed by atoms with Crippen molar-refractivity contribution in [3.8, 4) is 6.07 Å². The van der Waals surface area contributed by atoms with E-state index in [0.717, 1.165) is 0 Å². The number of halogens is 1. The Morgan fingerprint density at radius 2 is 2.14 bits per heavy atom. The second kappa shape index (κ2) is 7.60. The zero-order valence-corrected chi connectivity index (χ0v) is 9.39. The van der Waals surface area contributed by atoms with Crippen LogP contribution in [0, 0.1) is 16.7 Å². The minimum atomic E-state index is -1.04. The molecule has 0 heterocycles. The minimum absolute atomic E-state index is 0. The summed E-state index contributed by atoms with van der Waals surface area (Å²) in [6.45, 7) is 4.13. The smallest absolute Gasteiger partial charge is 0.326 e. The molecule has 0 radical (unpaired) electrons. The lowest BCUT2D eigenvalue weighted by atomic mass is 9.83. The van der Waals surface area contributed by atoms with E-state index in [-0.39, 0.29) is 12.4 Å². The molecule has 0 aromatic rings. The Morgan fingerprint density at radius 3 is 2.43 bits per heavy atom. The molecule has 14 heavy (non-hydrogen) atoms. The lowest BCUT2D eigenvalue weighted by molar-refractivity contribution is -0.152. The van der Waals surface area contributed by atoms with Crippen molar-refractivity contribution in [2.45, 2.75) is 26.7 Å². The van der Waals surface area contributed by atoms with Crippen molar-refractivity contribution in [1.29, 1.82) is 5.26 Å². The van der Waals surface area contributed by atoms with Crippen LogP contribution in [0.1, 0.15) is 26.7 Å².